The lowest BCUT2D eigenvalue weighted by molar-refractivity contribution is -0.141. The van der Waals surface area contributed by atoms with E-state index in [9.17, 15) is 4.79 Å². The summed E-state index contributed by atoms with van der Waals surface area (Å²) < 4.78 is 3.91. The Labute approximate surface area is 129 Å². The second-order valence-electron chi connectivity index (χ2n) is 3.33. The van der Waals surface area contributed by atoms with Gasteiger partial charge in [-0.25, -0.2) is 4.79 Å². The summed E-state index contributed by atoms with van der Waals surface area (Å²) in [5.41, 5.74) is 2.22. The van der Waals surface area contributed by atoms with Gasteiger partial charge in [-0.2, -0.15) is 0 Å². The van der Waals surface area contributed by atoms with Crippen molar-refractivity contribution in [2.45, 2.75) is 30.6 Å². The van der Waals surface area contributed by atoms with E-state index in [0.717, 1.165) is 12.1 Å². The molecule has 0 saturated heterocycles. The Morgan fingerprint density at radius 3 is 2.32 bits per heavy atom. The van der Waals surface area contributed by atoms with E-state index in [1.54, 1.807) is 0 Å². The maximum Gasteiger partial charge on any atom is 0.328 e. The minimum atomic E-state index is -0.750. The number of carbonyl (C=O) groups is 1. The number of nitrogens with one attached hydrogen (secondary N) is 1. The van der Waals surface area contributed by atoms with Crippen molar-refractivity contribution >= 4 is 46.5 Å². The molecule has 0 saturated carbocycles. The molecule has 3 nitrogen and oxygen atoms in total. The lowest BCUT2D eigenvalue weighted by atomic mass is 10.1. The average Bonchev–Trinajstić information content (AvgIpc) is 2.83. The van der Waals surface area contributed by atoms with Gasteiger partial charge in [0, 0.05) is 12.1 Å². The molecule has 0 aliphatic carbocycles. The topological polar surface area (TPSA) is 38.3 Å². The maximum absolute atomic E-state index is 11.2. The van der Waals surface area contributed by atoms with Crippen LogP contribution in [0.4, 0.5) is 5.69 Å². The predicted molar refractivity (Wildman–Crippen MR) is 82.3 cm³/mol. The Morgan fingerprint density at radius 1 is 1.32 bits per heavy atom. The predicted octanol–water partition coefficient (Wildman–Crippen LogP) is 4.21. The number of esters is 1. The first kappa shape index (κ1) is 18.4. The molecule has 1 aliphatic rings. The van der Waals surface area contributed by atoms with Crippen molar-refractivity contribution in [1.29, 1.82) is 0 Å². The number of fused-ring (bicyclic) bond motifs is 1. The number of anilines is 1. The van der Waals surface area contributed by atoms with E-state index in [2.05, 4.69) is 10.1 Å². The van der Waals surface area contributed by atoms with Gasteiger partial charge in [0.05, 0.1) is 7.11 Å². The molecule has 6 heteroatoms. The number of alkyl halides is 3. The molecule has 0 fully saturated rings. The van der Waals surface area contributed by atoms with Crippen LogP contribution in [-0.2, 0) is 16.0 Å². The molecule has 0 spiro atoms. The summed E-state index contributed by atoms with van der Waals surface area (Å²) >= 11 is 14.4. The summed E-state index contributed by atoms with van der Waals surface area (Å²) in [4.78, 5) is 11.2. The van der Waals surface area contributed by atoms with E-state index in [1.807, 2.05) is 38.1 Å². The molecule has 108 valence electrons. The largest absolute Gasteiger partial charge is 0.467 e. The van der Waals surface area contributed by atoms with Gasteiger partial charge >= 0.3 is 5.97 Å². The summed E-state index contributed by atoms with van der Waals surface area (Å²) in [5, 5.41) is 3.11. The third-order valence-corrected chi connectivity index (χ3v) is 2.26. The van der Waals surface area contributed by atoms with Gasteiger partial charge in [0.1, 0.15) is 6.04 Å². The van der Waals surface area contributed by atoms with Crippen LogP contribution < -0.4 is 5.32 Å². The molecular weight excluding hydrogens is 309 g/mol. The van der Waals surface area contributed by atoms with Crippen LogP contribution in [0.15, 0.2) is 24.3 Å². The minimum absolute atomic E-state index is 0.198. The number of methoxy groups -OCH3 is 1. The van der Waals surface area contributed by atoms with Crippen molar-refractivity contribution in [3.63, 3.8) is 0 Å². The van der Waals surface area contributed by atoms with E-state index >= 15 is 0 Å². The van der Waals surface area contributed by atoms with Crippen LogP contribution in [0.3, 0.4) is 0 Å². The molecule has 0 bridgehead atoms. The number of hydrogen-bond acceptors (Lipinski definition) is 3. The van der Waals surface area contributed by atoms with Crippen LogP contribution in [0.25, 0.3) is 0 Å². The zero-order valence-electron chi connectivity index (χ0n) is 11.1. The summed E-state index contributed by atoms with van der Waals surface area (Å²) in [6.07, 6.45) is 0.725. The van der Waals surface area contributed by atoms with Gasteiger partial charge in [0.15, 0.2) is 4.30 Å². The highest BCUT2D eigenvalue weighted by Gasteiger charge is 2.26. The van der Waals surface area contributed by atoms with Crippen molar-refractivity contribution in [2.24, 2.45) is 0 Å². The fraction of sp³-hybridized carbons (Fsp3) is 0.462. The maximum atomic E-state index is 11.2. The highest BCUT2D eigenvalue weighted by atomic mass is 35.6. The fourth-order valence-electron chi connectivity index (χ4n) is 1.58. The molecule has 1 N–H and O–H groups in total. The molecule has 0 aromatic heterocycles. The van der Waals surface area contributed by atoms with Gasteiger partial charge in [-0.05, 0) is 11.6 Å². The Morgan fingerprint density at radius 2 is 1.84 bits per heavy atom. The summed E-state index contributed by atoms with van der Waals surface area (Å²) in [5.74, 6) is -0.198. The zero-order valence-corrected chi connectivity index (χ0v) is 13.4. The summed E-state index contributed by atoms with van der Waals surface area (Å²) in [6, 6.07) is 7.71. The Bertz CT molecular complexity index is 358. The van der Waals surface area contributed by atoms with Gasteiger partial charge in [-0.3, -0.25) is 0 Å². The fourth-order valence-corrected chi connectivity index (χ4v) is 1.58. The van der Waals surface area contributed by atoms with Gasteiger partial charge in [0.2, 0.25) is 0 Å². The van der Waals surface area contributed by atoms with Crippen LogP contribution in [0, 0.1) is 0 Å². The number of para-hydroxylation sites is 1. The van der Waals surface area contributed by atoms with Crippen LogP contribution in [0.2, 0.25) is 0 Å². The number of ether oxygens (including phenoxy) is 1. The number of benzene rings is 1. The molecule has 2 rings (SSSR count). The van der Waals surface area contributed by atoms with Gasteiger partial charge in [0.25, 0.3) is 0 Å². The molecule has 1 aliphatic heterocycles. The quantitative estimate of drug-likeness (QED) is 0.620. The number of halogens is 3. The average molecular weight is 327 g/mol. The van der Waals surface area contributed by atoms with Crippen LogP contribution in [-0.4, -0.2) is 23.4 Å². The van der Waals surface area contributed by atoms with Crippen molar-refractivity contribution in [1.82, 2.24) is 0 Å². The Hall–Kier alpha value is -0.640. The highest BCUT2D eigenvalue weighted by Crippen LogP contribution is 2.25. The number of hydrogen-bond donors (Lipinski definition) is 1. The molecule has 1 aromatic carbocycles. The molecule has 1 heterocycles. The van der Waals surface area contributed by atoms with E-state index in [-0.39, 0.29) is 12.0 Å². The number of rotatable bonds is 1. The van der Waals surface area contributed by atoms with Gasteiger partial charge in [-0.15, -0.1) is 0 Å². The van der Waals surface area contributed by atoms with Crippen LogP contribution >= 0.6 is 34.8 Å². The molecule has 1 atom stereocenters. The normalized spacial score (nSPS) is 15.2. The van der Waals surface area contributed by atoms with Crippen molar-refractivity contribution in [3.05, 3.63) is 29.8 Å². The third kappa shape index (κ3) is 6.90. The van der Waals surface area contributed by atoms with E-state index < -0.39 is 4.30 Å². The molecular formula is C13H18Cl3NO2. The molecule has 0 radical (unpaired) electrons. The van der Waals surface area contributed by atoms with Gasteiger partial charge < -0.3 is 10.1 Å². The standard InChI is InChI=1S/C10H11NO2.C2H6.CHCl3/c1-13-10(12)9-6-7-4-2-3-5-8(7)11-9;1-2;2-1(3)4/h2-5,9,11H,6H2,1H3;1-2H3;1H. The van der Waals surface area contributed by atoms with Crippen LogP contribution in [0.1, 0.15) is 19.4 Å². The lowest BCUT2D eigenvalue weighted by Gasteiger charge is -2.07. The Balaban J connectivity index is 0.000000467. The van der Waals surface area contributed by atoms with Crippen molar-refractivity contribution in [3.8, 4) is 0 Å². The third-order valence-electron chi connectivity index (χ3n) is 2.26. The zero-order chi connectivity index (χ0) is 14.8. The van der Waals surface area contributed by atoms with Crippen molar-refractivity contribution in [2.75, 3.05) is 12.4 Å². The first-order valence-electron chi connectivity index (χ1n) is 5.89. The lowest BCUT2D eigenvalue weighted by Crippen LogP contribution is -2.27. The smallest absolute Gasteiger partial charge is 0.328 e. The van der Waals surface area contributed by atoms with E-state index in [0.29, 0.717) is 0 Å². The SMILES string of the molecule is CC.COC(=O)C1Cc2ccccc2N1.ClC(Cl)Cl. The molecule has 1 aromatic rings. The number of carbonyl (C=O) groups excluding carboxylic acids is 1. The van der Waals surface area contributed by atoms with Gasteiger partial charge in [-0.1, -0.05) is 66.8 Å². The van der Waals surface area contributed by atoms with E-state index in [1.165, 1.54) is 12.7 Å². The monoisotopic (exact) mass is 325 g/mol. The first-order valence-corrected chi connectivity index (χ1v) is 7.20. The second-order valence-corrected chi connectivity index (χ2v) is 5.31. The van der Waals surface area contributed by atoms with Crippen molar-refractivity contribution < 1.29 is 9.53 Å². The second kappa shape index (κ2) is 10.2. The minimum Gasteiger partial charge on any atom is -0.467 e. The first-order chi connectivity index (χ1) is 9.04. The van der Waals surface area contributed by atoms with E-state index in [4.69, 9.17) is 34.8 Å². The summed E-state index contributed by atoms with van der Waals surface area (Å²) in [6.45, 7) is 4.00. The van der Waals surface area contributed by atoms with Crippen LogP contribution in [0.5, 0.6) is 0 Å². The summed E-state index contributed by atoms with van der Waals surface area (Å²) in [7, 11) is 1.41. The molecule has 1 unspecified atom stereocenters. The molecule has 0 amide bonds. The highest BCUT2D eigenvalue weighted by molar-refractivity contribution is 6.63. The molecule has 19 heavy (non-hydrogen) atoms. The Kier molecular flexibility index (Phi) is 9.84.